The Morgan fingerprint density at radius 3 is 2.65 bits per heavy atom. The van der Waals surface area contributed by atoms with E-state index >= 15 is 0 Å². The minimum atomic E-state index is -0.0669. The number of phenolic OH excluding ortho intramolecular Hbond substituents is 1. The summed E-state index contributed by atoms with van der Waals surface area (Å²) in [5, 5.41) is 9.83. The zero-order chi connectivity index (χ0) is 16.8. The van der Waals surface area contributed by atoms with E-state index in [0.29, 0.717) is 21.3 Å². The lowest BCUT2D eigenvalue weighted by Crippen LogP contribution is -2.32. The van der Waals surface area contributed by atoms with Crippen LogP contribution in [-0.2, 0) is 4.79 Å². The number of thioether (sulfide) groups is 1. The Balaban J connectivity index is 2.01. The van der Waals surface area contributed by atoms with E-state index in [2.05, 4.69) is 18.7 Å². The number of amides is 1. The van der Waals surface area contributed by atoms with Crippen molar-refractivity contribution in [1.29, 1.82) is 0 Å². The second kappa shape index (κ2) is 8.47. The van der Waals surface area contributed by atoms with Crippen LogP contribution in [0.4, 0.5) is 0 Å². The highest BCUT2D eigenvalue weighted by atomic mass is 32.2. The zero-order valence-electron chi connectivity index (χ0n) is 13.5. The Labute approximate surface area is 147 Å². The molecule has 0 aliphatic carbocycles. The van der Waals surface area contributed by atoms with Crippen LogP contribution in [0.1, 0.15) is 25.8 Å². The molecule has 1 amide bonds. The van der Waals surface area contributed by atoms with Crippen LogP contribution in [0.5, 0.6) is 5.75 Å². The first-order valence-electron chi connectivity index (χ1n) is 7.82. The van der Waals surface area contributed by atoms with Crippen LogP contribution in [0, 0.1) is 0 Å². The molecule has 0 bridgehead atoms. The molecule has 6 heteroatoms. The molecule has 0 unspecified atom stereocenters. The number of benzene rings is 1. The second-order valence-electron chi connectivity index (χ2n) is 5.27. The lowest BCUT2D eigenvalue weighted by atomic mass is 10.2. The fourth-order valence-electron chi connectivity index (χ4n) is 2.44. The molecule has 1 aromatic carbocycles. The maximum atomic E-state index is 12.5. The molecule has 0 radical (unpaired) electrons. The summed E-state index contributed by atoms with van der Waals surface area (Å²) in [5.41, 5.74) is 0.635. The zero-order valence-corrected chi connectivity index (χ0v) is 15.1. The van der Waals surface area contributed by atoms with Crippen LogP contribution in [-0.4, -0.2) is 51.3 Å². The van der Waals surface area contributed by atoms with Crippen molar-refractivity contribution in [3.05, 3.63) is 34.7 Å². The molecule has 1 N–H and O–H groups in total. The van der Waals surface area contributed by atoms with E-state index in [-0.39, 0.29) is 11.7 Å². The lowest BCUT2D eigenvalue weighted by Gasteiger charge is -2.20. The summed E-state index contributed by atoms with van der Waals surface area (Å²) in [6.07, 6.45) is 2.61. The molecular formula is C17H22N2O2S2. The van der Waals surface area contributed by atoms with Crippen molar-refractivity contribution >= 4 is 40.3 Å². The number of phenols is 1. The predicted molar refractivity (Wildman–Crippen MR) is 100 cm³/mol. The molecule has 1 aliphatic heterocycles. The van der Waals surface area contributed by atoms with Crippen LogP contribution in [0.25, 0.3) is 6.08 Å². The van der Waals surface area contributed by atoms with Gasteiger partial charge in [0.05, 0.1) is 4.91 Å². The third-order valence-electron chi connectivity index (χ3n) is 3.85. The van der Waals surface area contributed by atoms with Crippen molar-refractivity contribution in [2.45, 2.75) is 20.3 Å². The maximum Gasteiger partial charge on any atom is 0.266 e. The first kappa shape index (κ1) is 18.0. The highest BCUT2D eigenvalue weighted by Gasteiger charge is 2.31. The molecule has 124 valence electrons. The van der Waals surface area contributed by atoms with Gasteiger partial charge < -0.3 is 10.0 Å². The van der Waals surface area contributed by atoms with Gasteiger partial charge in [-0.05, 0) is 38.2 Å². The van der Waals surface area contributed by atoms with Crippen molar-refractivity contribution < 1.29 is 9.90 Å². The lowest BCUT2D eigenvalue weighted by molar-refractivity contribution is -0.122. The van der Waals surface area contributed by atoms with Gasteiger partial charge in [0, 0.05) is 12.1 Å². The van der Waals surface area contributed by atoms with E-state index in [0.717, 1.165) is 26.1 Å². The summed E-state index contributed by atoms with van der Waals surface area (Å²) in [5.74, 6) is 0.0992. The Morgan fingerprint density at radius 1 is 1.30 bits per heavy atom. The predicted octanol–water partition coefficient (Wildman–Crippen LogP) is 3.33. The first-order valence-corrected chi connectivity index (χ1v) is 9.05. The quantitative estimate of drug-likeness (QED) is 0.604. The van der Waals surface area contributed by atoms with Crippen LogP contribution >= 0.6 is 24.0 Å². The molecule has 0 aromatic heterocycles. The molecule has 0 spiro atoms. The Hall–Kier alpha value is -1.37. The van der Waals surface area contributed by atoms with Crippen molar-refractivity contribution in [2.24, 2.45) is 0 Å². The van der Waals surface area contributed by atoms with Gasteiger partial charge in [0.25, 0.3) is 5.91 Å². The third kappa shape index (κ3) is 4.56. The van der Waals surface area contributed by atoms with E-state index in [1.54, 1.807) is 29.2 Å². The number of carbonyl (C=O) groups excluding carboxylic acids is 1. The monoisotopic (exact) mass is 350 g/mol. The standard InChI is InChI=1S/C17H22N2O2S2/c1-3-18(4-2)10-7-11-19-16(21)15(23-17(19)22)12-13-8-5-6-9-14(13)20/h5-6,8-9,12,20H,3-4,7,10-11H2,1-2H3/b15-12-. The third-order valence-corrected chi connectivity index (χ3v) is 5.23. The van der Waals surface area contributed by atoms with E-state index in [4.69, 9.17) is 12.2 Å². The molecule has 0 saturated carbocycles. The van der Waals surface area contributed by atoms with Crippen LogP contribution < -0.4 is 0 Å². The van der Waals surface area contributed by atoms with Crippen LogP contribution in [0.3, 0.4) is 0 Å². The van der Waals surface area contributed by atoms with Gasteiger partial charge in [-0.25, -0.2) is 0 Å². The number of hydrogen-bond acceptors (Lipinski definition) is 5. The number of thiocarbonyl (C=S) groups is 1. The van der Waals surface area contributed by atoms with E-state index in [1.807, 2.05) is 6.07 Å². The van der Waals surface area contributed by atoms with E-state index in [9.17, 15) is 9.90 Å². The SMILES string of the molecule is CCN(CC)CCCN1C(=O)/C(=C/c2ccccc2O)SC1=S. The minimum Gasteiger partial charge on any atom is -0.507 e. The number of aromatic hydroxyl groups is 1. The number of para-hydroxylation sites is 1. The molecule has 1 heterocycles. The largest absolute Gasteiger partial charge is 0.507 e. The van der Waals surface area contributed by atoms with Gasteiger partial charge >= 0.3 is 0 Å². The highest BCUT2D eigenvalue weighted by molar-refractivity contribution is 8.26. The molecule has 1 fully saturated rings. The molecule has 1 aliphatic rings. The molecule has 0 atom stereocenters. The summed E-state index contributed by atoms with van der Waals surface area (Å²) >= 11 is 6.63. The average Bonchev–Trinajstić information content (AvgIpc) is 2.81. The summed E-state index contributed by atoms with van der Waals surface area (Å²) in [7, 11) is 0. The van der Waals surface area contributed by atoms with Gasteiger partial charge in [-0.1, -0.05) is 56.0 Å². The molecular weight excluding hydrogens is 328 g/mol. The van der Waals surface area contributed by atoms with Crippen molar-refractivity contribution in [1.82, 2.24) is 9.80 Å². The molecule has 1 aromatic rings. The van der Waals surface area contributed by atoms with Gasteiger partial charge in [-0.3, -0.25) is 9.69 Å². The summed E-state index contributed by atoms with van der Waals surface area (Å²) in [4.78, 5) is 17.1. The second-order valence-corrected chi connectivity index (χ2v) is 6.95. The number of carbonyl (C=O) groups is 1. The number of rotatable bonds is 7. The number of nitrogens with zero attached hydrogens (tertiary/aromatic N) is 2. The fraction of sp³-hybridized carbons (Fsp3) is 0.412. The Kier molecular flexibility index (Phi) is 6.62. The summed E-state index contributed by atoms with van der Waals surface area (Å²) in [6.45, 7) is 7.91. The number of hydrogen-bond donors (Lipinski definition) is 1. The van der Waals surface area contributed by atoms with Gasteiger partial charge in [-0.2, -0.15) is 0 Å². The topological polar surface area (TPSA) is 43.8 Å². The Bertz CT molecular complexity index is 612. The maximum absolute atomic E-state index is 12.5. The van der Waals surface area contributed by atoms with Gasteiger partial charge in [0.1, 0.15) is 10.1 Å². The summed E-state index contributed by atoms with van der Waals surface area (Å²) in [6, 6.07) is 6.97. The Morgan fingerprint density at radius 2 is 2.00 bits per heavy atom. The smallest absolute Gasteiger partial charge is 0.266 e. The highest BCUT2D eigenvalue weighted by Crippen LogP contribution is 2.33. The van der Waals surface area contributed by atoms with E-state index < -0.39 is 0 Å². The minimum absolute atomic E-state index is 0.0669. The average molecular weight is 351 g/mol. The van der Waals surface area contributed by atoms with Gasteiger partial charge in [-0.15, -0.1) is 0 Å². The van der Waals surface area contributed by atoms with Gasteiger partial charge in [0.2, 0.25) is 0 Å². The van der Waals surface area contributed by atoms with Crippen LogP contribution in [0.2, 0.25) is 0 Å². The van der Waals surface area contributed by atoms with Gasteiger partial charge in [0.15, 0.2) is 0 Å². The first-order chi connectivity index (χ1) is 11.1. The molecule has 1 saturated heterocycles. The normalized spacial score (nSPS) is 16.8. The molecule has 4 nitrogen and oxygen atoms in total. The van der Waals surface area contributed by atoms with E-state index in [1.165, 1.54) is 11.8 Å². The van der Waals surface area contributed by atoms with Crippen LogP contribution in [0.15, 0.2) is 29.2 Å². The van der Waals surface area contributed by atoms with Crippen molar-refractivity contribution in [2.75, 3.05) is 26.2 Å². The molecule has 23 heavy (non-hydrogen) atoms. The van der Waals surface area contributed by atoms with Crippen molar-refractivity contribution in [3.63, 3.8) is 0 Å². The van der Waals surface area contributed by atoms with Crippen molar-refractivity contribution in [3.8, 4) is 5.75 Å². The summed E-state index contributed by atoms with van der Waals surface area (Å²) < 4.78 is 0.594. The fourth-order valence-corrected chi connectivity index (χ4v) is 3.74. The molecule has 2 rings (SSSR count).